The summed E-state index contributed by atoms with van der Waals surface area (Å²) >= 11 is 13.4. The van der Waals surface area contributed by atoms with Crippen molar-refractivity contribution < 1.29 is 32.9 Å². The second kappa shape index (κ2) is 15.2. The molecular weight excluding hydrogens is 676 g/mol. The van der Waals surface area contributed by atoms with E-state index in [9.17, 15) is 14.9 Å². The van der Waals surface area contributed by atoms with Gasteiger partial charge in [-0.2, -0.15) is 5.26 Å². The van der Waals surface area contributed by atoms with E-state index in [1.807, 2.05) is 0 Å². The minimum absolute atomic E-state index is 0.00231. The molecule has 0 aliphatic carbocycles. The first-order valence-electron chi connectivity index (χ1n) is 15.9. The van der Waals surface area contributed by atoms with Gasteiger partial charge in [-0.25, -0.2) is 9.18 Å². The van der Waals surface area contributed by atoms with E-state index >= 15 is 4.39 Å². The highest BCUT2D eigenvalue weighted by molar-refractivity contribution is 6.40. The summed E-state index contributed by atoms with van der Waals surface area (Å²) in [6, 6.07) is 13.0. The fourth-order valence-corrected chi connectivity index (χ4v) is 7.09. The Morgan fingerprint density at radius 3 is 2.49 bits per heavy atom. The van der Waals surface area contributed by atoms with E-state index in [1.165, 1.54) is 18.1 Å². The van der Waals surface area contributed by atoms with Crippen LogP contribution in [0.4, 0.5) is 15.8 Å². The highest BCUT2D eigenvalue weighted by atomic mass is 35.5. The van der Waals surface area contributed by atoms with Crippen LogP contribution in [-0.4, -0.2) is 108 Å². The molecule has 0 N–H and O–H groups in total. The number of carbonyl (C=O) groups excluding carboxylic acids is 2. The van der Waals surface area contributed by atoms with E-state index in [2.05, 4.69) is 15.9 Å². The van der Waals surface area contributed by atoms with Crippen molar-refractivity contribution in [3.05, 3.63) is 75.0 Å². The number of nitrogens with zero attached hydrogens (tertiary/aromatic N) is 5. The summed E-state index contributed by atoms with van der Waals surface area (Å²) in [7, 11) is 2.91. The van der Waals surface area contributed by atoms with Gasteiger partial charge in [-0.3, -0.25) is 9.69 Å². The quantitative estimate of drug-likeness (QED) is 0.294. The van der Waals surface area contributed by atoms with Crippen LogP contribution in [0, 0.1) is 17.1 Å². The third kappa shape index (κ3) is 7.13. The zero-order valence-corrected chi connectivity index (χ0v) is 28.7. The lowest BCUT2D eigenvalue weighted by Crippen LogP contribution is -2.47. The van der Waals surface area contributed by atoms with Crippen molar-refractivity contribution in [2.75, 3.05) is 89.8 Å². The topological polar surface area (TPSA) is 108 Å². The monoisotopic (exact) mass is 711 g/mol. The molecule has 3 aliphatic heterocycles. The largest absolute Gasteiger partial charge is 0.472 e. The molecule has 2 fully saturated rings. The molecule has 3 heterocycles. The third-order valence-corrected chi connectivity index (χ3v) is 9.66. The molecule has 0 saturated carbocycles. The number of hydrogen-bond donors (Lipinski definition) is 0. The van der Waals surface area contributed by atoms with Gasteiger partial charge in [0, 0.05) is 68.8 Å². The number of morpholine rings is 1. The minimum atomic E-state index is -0.727. The third-order valence-electron chi connectivity index (χ3n) is 9.07. The van der Waals surface area contributed by atoms with Gasteiger partial charge in [-0.1, -0.05) is 41.4 Å². The smallest absolute Gasteiger partial charge is 0.340 e. The second-order valence-electron chi connectivity index (χ2n) is 11.9. The molecule has 0 bridgehead atoms. The molecule has 3 aromatic carbocycles. The molecule has 6 rings (SSSR count). The number of nitriles is 1. The van der Waals surface area contributed by atoms with Gasteiger partial charge in [0.1, 0.15) is 17.6 Å². The van der Waals surface area contributed by atoms with Gasteiger partial charge in [0.2, 0.25) is 0 Å². The number of anilines is 2. The lowest BCUT2D eigenvalue weighted by Gasteiger charge is -2.36. The Kier molecular flexibility index (Phi) is 10.8. The number of piperazine rings is 1. The van der Waals surface area contributed by atoms with E-state index in [0.717, 1.165) is 44.5 Å². The maximum absolute atomic E-state index is 15.8. The highest BCUT2D eigenvalue weighted by Crippen LogP contribution is 2.41. The number of benzene rings is 3. The zero-order chi connectivity index (χ0) is 34.7. The molecule has 0 aromatic heterocycles. The molecule has 3 aromatic rings. The fraction of sp³-hybridized carbons (Fsp3) is 0.400. The molecule has 0 radical (unpaired) electrons. The molecule has 0 spiro atoms. The number of para-hydroxylation sites is 1. The van der Waals surface area contributed by atoms with Gasteiger partial charge in [-0.15, -0.1) is 0 Å². The molecule has 3 aliphatic rings. The lowest BCUT2D eigenvalue weighted by atomic mass is 9.96. The molecule has 11 nitrogen and oxygen atoms in total. The molecular formula is C35H36Cl2FN5O6. The molecule has 258 valence electrons. The number of carbonyl (C=O) groups is 2. The molecule has 14 heteroatoms. The Hall–Kier alpha value is -4.12. The summed E-state index contributed by atoms with van der Waals surface area (Å²) in [5.41, 5.74) is 2.63. The van der Waals surface area contributed by atoms with E-state index in [0.29, 0.717) is 42.3 Å². The number of esters is 1. The van der Waals surface area contributed by atoms with Crippen molar-refractivity contribution >= 4 is 46.5 Å². The summed E-state index contributed by atoms with van der Waals surface area (Å²) in [6.07, 6.45) is 0. The van der Waals surface area contributed by atoms with Crippen LogP contribution in [0.2, 0.25) is 10.0 Å². The van der Waals surface area contributed by atoms with Crippen molar-refractivity contribution in [2.45, 2.75) is 12.6 Å². The maximum Gasteiger partial charge on any atom is 0.340 e. The van der Waals surface area contributed by atoms with Crippen LogP contribution in [0.3, 0.4) is 0 Å². The van der Waals surface area contributed by atoms with E-state index < -0.39 is 23.7 Å². The number of amides is 1. The van der Waals surface area contributed by atoms with Crippen LogP contribution in [0.25, 0.3) is 11.1 Å². The van der Waals surface area contributed by atoms with Crippen molar-refractivity contribution in [3.63, 3.8) is 0 Å². The Labute approximate surface area is 294 Å². The van der Waals surface area contributed by atoms with E-state index in [1.54, 1.807) is 42.3 Å². The first-order chi connectivity index (χ1) is 23.7. The zero-order valence-electron chi connectivity index (χ0n) is 27.2. The van der Waals surface area contributed by atoms with Crippen molar-refractivity contribution in [2.24, 2.45) is 0 Å². The van der Waals surface area contributed by atoms with Crippen molar-refractivity contribution in [1.82, 2.24) is 9.80 Å². The summed E-state index contributed by atoms with van der Waals surface area (Å²) in [5.74, 6) is -1.39. The first-order valence-corrected chi connectivity index (χ1v) is 16.6. The van der Waals surface area contributed by atoms with Gasteiger partial charge in [0.25, 0.3) is 5.91 Å². The minimum Gasteiger partial charge on any atom is -0.472 e. The summed E-state index contributed by atoms with van der Waals surface area (Å²) < 4.78 is 37.5. The average Bonchev–Trinajstić information content (AvgIpc) is 3.12. The Balaban J connectivity index is 1.25. The molecule has 2 saturated heterocycles. The van der Waals surface area contributed by atoms with E-state index in [-0.39, 0.29) is 46.6 Å². The SMILES string of the molecule is COCCN1CCN(c2cc(Cl)c(C(=O)N3COc4c(cccc4-c4cc(N5CCOCC5C#N)c(C(=O)OC)cc4F)C3)c(Cl)c2)CC1. The normalized spacial score (nSPS) is 18.0. The number of ether oxygens (including phenoxy) is 4. The van der Waals surface area contributed by atoms with Crippen LogP contribution in [0.1, 0.15) is 26.3 Å². The van der Waals surface area contributed by atoms with Gasteiger partial charge in [0.15, 0.2) is 6.73 Å². The van der Waals surface area contributed by atoms with E-state index in [4.69, 9.17) is 42.1 Å². The van der Waals surface area contributed by atoms with Gasteiger partial charge in [-0.05, 0) is 24.3 Å². The number of halogens is 3. The standard InChI is InChI=1S/C35H36Cl2FN5O6/c1-46-12-10-40-6-8-41(9-7-40)23-14-28(36)32(29(37)15-23)34(44)42-19-22-4-3-5-25(33(22)49-21-42)26-17-31(27(16-30(26)38)35(45)47-2)43-11-13-48-20-24(43)18-39/h3-5,14-17,24H,6-13,19-21H2,1-2H3. The molecule has 1 atom stereocenters. The predicted molar refractivity (Wildman–Crippen MR) is 183 cm³/mol. The van der Waals surface area contributed by atoms with Crippen LogP contribution >= 0.6 is 23.2 Å². The first kappa shape index (κ1) is 34.7. The van der Waals surface area contributed by atoms with Crippen molar-refractivity contribution in [1.29, 1.82) is 5.26 Å². The lowest BCUT2D eigenvalue weighted by molar-refractivity contribution is 0.0515. The number of fused-ring (bicyclic) bond motifs is 1. The number of hydrogen-bond acceptors (Lipinski definition) is 10. The predicted octanol–water partition coefficient (Wildman–Crippen LogP) is 5.08. The van der Waals surface area contributed by atoms with Gasteiger partial charge < -0.3 is 33.6 Å². The fourth-order valence-electron chi connectivity index (χ4n) is 6.45. The maximum atomic E-state index is 15.8. The molecule has 1 amide bonds. The summed E-state index contributed by atoms with van der Waals surface area (Å²) in [6.45, 7) is 5.72. The van der Waals surface area contributed by atoms with Crippen molar-refractivity contribution in [3.8, 4) is 22.9 Å². The van der Waals surface area contributed by atoms with Gasteiger partial charge >= 0.3 is 5.97 Å². The molecule has 1 unspecified atom stereocenters. The summed E-state index contributed by atoms with van der Waals surface area (Å²) in [4.78, 5) is 34.2. The molecule has 49 heavy (non-hydrogen) atoms. The average molecular weight is 713 g/mol. The number of rotatable bonds is 8. The Morgan fingerprint density at radius 1 is 1.04 bits per heavy atom. The van der Waals surface area contributed by atoms with Crippen LogP contribution < -0.4 is 14.5 Å². The van der Waals surface area contributed by atoms with Crippen LogP contribution in [0.15, 0.2) is 42.5 Å². The highest BCUT2D eigenvalue weighted by Gasteiger charge is 2.32. The van der Waals surface area contributed by atoms with Crippen LogP contribution in [0.5, 0.6) is 5.75 Å². The Bertz CT molecular complexity index is 1760. The van der Waals surface area contributed by atoms with Crippen LogP contribution in [-0.2, 0) is 20.8 Å². The second-order valence-corrected chi connectivity index (χ2v) is 12.7. The Morgan fingerprint density at radius 2 is 1.80 bits per heavy atom. The van der Waals surface area contributed by atoms with Gasteiger partial charge in [0.05, 0.1) is 66.4 Å². The summed E-state index contributed by atoms with van der Waals surface area (Å²) in [5, 5.41) is 10.2. The number of methoxy groups -OCH3 is 2.